The Hall–Kier alpha value is -1.77. The van der Waals surface area contributed by atoms with E-state index in [1.165, 1.54) is 12.5 Å². The summed E-state index contributed by atoms with van der Waals surface area (Å²) >= 11 is 0. The van der Waals surface area contributed by atoms with Gasteiger partial charge in [-0.2, -0.15) is 0 Å². The van der Waals surface area contributed by atoms with Crippen LogP contribution >= 0.6 is 0 Å². The van der Waals surface area contributed by atoms with Crippen LogP contribution in [0.2, 0.25) is 0 Å². The summed E-state index contributed by atoms with van der Waals surface area (Å²) in [7, 11) is 0. The van der Waals surface area contributed by atoms with E-state index >= 15 is 0 Å². The van der Waals surface area contributed by atoms with Crippen molar-refractivity contribution in [1.29, 1.82) is 0 Å². The first-order chi connectivity index (χ1) is 7.58. The molecule has 0 fully saturated rings. The number of carbonyl (C=O) groups is 1. The van der Waals surface area contributed by atoms with E-state index < -0.39 is 0 Å². The number of allylic oxidation sites excluding steroid dienone is 1. The minimum absolute atomic E-state index is 0.0507. The third kappa shape index (κ3) is 4.64. The first-order valence-electron chi connectivity index (χ1n) is 5.33. The highest BCUT2D eigenvalue weighted by atomic mass is 16.1. The Kier molecular flexibility index (Phi) is 4.58. The Morgan fingerprint density at radius 1 is 1.12 bits per heavy atom. The largest absolute Gasteiger partial charge is 0.382 e. The van der Waals surface area contributed by atoms with Gasteiger partial charge in [0.2, 0.25) is 5.91 Å². The lowest BCUT2D eigenvalue weighted by atomic mass is 10.2. The lowest BCUT2D eigenvalue weighted by molar-refractivity contribution is -0.114. The number of benzene rings is 1. The van der Waals surface area contributed by atoms with Gasteiger partial charge in [0.15, 0.2) is 0 Å². The van der Waals surface area contributed by atoms with Gasteiger partial charge in [-0.15, -0.1) is 0 Å². The number of hydrogen-bond donors (Lipinski definition) is 2. The minimum atomic E-state index is -0.0507. The zero-order valence-electron chi connectivity index (χ0n) is 10.0. The van der Waals surface area contributed by atoms with Crippen molar-refractivity contribution in [3.8, 4) is 0 Å². The number of nitrogens with one attached hydrogen (secondary N) is 2. The molecule has 0 aliphatic carbocycles. The van der Waals surface area contributed by atoms with Gasteiger partial charge in [-0.25, -0.2) is 0 Å². The molecule has 0 aliphatic rings. The third-order valence-corrected chi connectivity index (χ3v) is 2.02. The Balaban J connectivity index is 2.51. The highest BCUT2D eigenvalue weighted by molar-refractivity contribution is 5.88. The van der Waals surface area contributed by atoms with Crippen molar-refractivity contribution in [2.45, 2.75) is 20.8 Å². The fraction of sp³-hybridized carbons (Fsp3) is 0.308. The van der Waals surface area contributed by atoms with Gasteiger partial charge in [0, 0.05) is 24.8 Å². The van der Waals surface area contributed by atoms with Gasteiger partial charge in [0.05, 0.1) is 0 Å². The van der Waals surface area contributed by atoms with Gasteiger partial charge >= 0.3 is 0 Å². The predicted octanol–water partition coefficient (Wildman–Crippen LogP) is 3.02. The molecule has 1 aromatic carbocycles. The molecular weight excluding hydrogens is 200 g/mol. The number of rotatable bonds is 4. The highest BCUT2D eigenvalue weighted by Gasteiger charge is 1.95. The van der Waals surface area contributed by atoms with Gasteiger partial charge in [0.25, 0.3) is 0 Å². The molecule has 1 rings (SSSR count). The van der Waals surface area contributed by atoms with Crippen LogP contribution in [0.4, 0.5) is 11.4 Å². The van der Waals surface area contributed by atoms with Crippen molar-refractivity contribution < 1.29 is 4.79 Å². The molecule has 0 aromatic heterocycles. The molecule has 0 aliphatic heterocycles. The second-order valence-electron chi connectivity index (χ2n) is 3.92. The summed E-state index contributed by atoms with van der Waals surface area (Å²) in [4.78, 5) is 10.8. The summed E-state index contributed by atoms with van der Waals surface area (Å²) in [5, 5.41) is 6.00. The zero-order chi connectivity index (χ0) is 12.0. The van der Waals surface area contributed by atoms with Crippen molar-refractivity contribution >= 4 is 17.3 Å². The molecule has 3 nitrogen and oxygen atoms in total. The van der Waals surface area contributed by atoms with E-state index in [-0.39, 0.29) is 5.91 Å². The van der Waals surface area contributed by atoms with Crippen molar-refractivity contribution in [3.63, 3.8) is 0 Å². The molecule has 86 valence electrons. The molecule has 0 saturated carbocycles. The summed E-state index contributed by atoms with van der Waals surface area (Å²) in [6.07, 6.45) is 2.13. The quantitative estimate of drug-likeness (QED) is 0.763. The maximum absolute atomic E-state index is 10.8. The lowest BCUT2D eigenvalue weighted by Crippen LogP contribution is -2.05. The summed E-state index contributed by atoms with van der Waals surface area (Å²) in [6, 6.07) is 7.66. The number of hydrogen-bond acceptors (Lipinski definition) is 2. The van der Waals surface area contributed by atoms with E-state index in [9.17, 15) is 4.79 Å². The maximum atomic E-state index is 10.8. The summed E-state index contributed by atoms with van der Waals surface area (Å²) in [5.41, 5.74) is 3.16. The second kappa shape index (κ2) is 5.95. The van der Waals surface area contributed by atoms with Crippen LogP contribution in [0, 0.1) is 0 Å². The van der Waals surface area contributed by atoms with E-state index in [1.807, 2.05) is 24.3 Å². The molecule has 3 heteroatoms. The molecule has 1 amide bonds. The molecule has 0 unspecified atom stereocenters. The van der Waals surface area contributed by atoms with Crippen LogP contribution in [0.1, 0.15) is 20.8 Å². The van der Waals surface area contributed by atoms with Crippen molar-refractivity contribution in [2.24, 2.45) is 0 Å². The fourth-order valence-electron chi connectivity index (χ4n) is 1.25. The predicted molar refractivity (Wildman–Crippen MR) is 68.7 cm³/mol. The average Bonchev–Trinajstić information content (AvgIpc) is 2.19. The van der Waals surface area contributed by atoms with E-state index in [1.54, 1.807) is 0 Å². The monoisotopic (exact) mass is 218 g/mol. The molecule has 0 spiro atoms. The molecule has 0 saturated heterocycles. The van der Waals surface area contributed by atoms with Crippen LogP contribution in [0.15, 0.2) is 35.9 Å². The van der Waals surface area contributed by atoms with Gasteiger partial charge in [-0.05, 0) is 38.1 Å². The van der Waals surface area contributed by atoms with Crippen LogP contribution in [-0.4, -0.2) is 12.5 Å². The topological polar surface area (TPSA) is 41.1 Å². The van der Waals surface area contributed by atoms with Crippen molar-refractivity contribution in [3.05, 3.63) is 35.9 Å². The van der Waals surface area contributed by atoms with E-state index in [0.717, 1.165) is 17.9 Å². The zero-order valence-corrected chi connectivity index (χ0v) is 10.0. The molecule has 2 N–H and O–H groups in total. The van der Waals surface area contributed by atoms with E-state index in [4.69, 9.17) is 0 Å². The molecule has 0 heterocycles. The smallest absolute Gasteiger partial charge is 0.221 e. The van der Waals surface area contributed by atoms with E-state index in [2.05, 4.69) is 30.6 Å². The van der Waals surface area contributed by atoms with E-state index in [0.29, 0.717) is 0 Å². The van der Waals surface area contributed by atoms with Gasteiger partial charge in [0.1, 0.15) is 0 Å². The molecule has 1 aromatic rings. The average molecular weight is 218 g/mol. The van der Waals surface area contributed by atoms with Crippen LogP contribution in [0.5, 0.6) is 0 Å². The first-order valence-corrected chi connectivity index (χ1v) is 5.33. The molecule has 16 heavy (non-hydrogen) atoms. The van der Waals surface area contributed by atoms with Crippen LogP contribution in [-0.2, 0) is 4.79 Å². The van der Waals surface area contributed by atoms with Crippen molar-refractivity contribution in [2.75, 3.05) is 17.2 Å². The Morgan fingerprint density at radius 3 is 2.19 bits per heavy atom. The van der Waals surface area contributed by atoms with Gasteiger partial charge < -0.3 is 10.6 Å². The van der Waals surface area contributed by atoms with Crippen LogP contribution in [0.25, 0.3) is 0 Å². The number of amides is 1. The van der Waals surface area contributed by atoms with Crippen molar-refractivity contribution in [1.82, 2.24) is 0 Å². The first kappa shape index (κ1) is 12.3. The molecule has 0 bridgehead atoms. The molecule has 0 radical (unpaired) electrons. The Morgan fingerprint density at radius 2 is 1.69 bits per heavy atom. The normalized spacial score (nSPS) is 9.44. The van der Waals surface area contributed by atoms with Gasteiger partial charge in [-0.3, -0.25) is 4.79 Å². The number of carbonyl (C=O) groups excluding carboxylic acids is 1. The van der Waals surface area contributed by atoms with Crippen LogP contribution < -0.4 is 10.6 Å². The molecular formula is C13H18N2O. The second-order valence-corrected chi connectivity index (χ2v) is 3.92. The fourth-order valence-corrected chi connectivity index (χ4v) is 1.25. The lowest BCUT2D eigenvalue weighted by Gasteiger charge is -2.06. The standard InChI is InChI=1S/C13H18N2O/c1-10(2)8-9-14-12-4-6-13(7-5-12)15-11(3)16/h4-8,14H,9H2,1-3H3,(H,15,16). The highest BCUT2D eigenvalue weighted by Crippen LogP contribution is 2.13. The third-order valence-electron chi connectivity index (χ3n) is 2.02. The Bertz CT molecular complexity index is 375. The summed E-state index contributed by atoms with van der Waals surface area (Å²) in [6.45, 7) is 6.46. The van der Waals surface area contributed by atoms with Crippen LogP contribution in [0.3, 0.4) is 0 Å². The summed E-state index contributed by atoms with van der Waals surface area (Å²) in [5.74, 6) is -0.0507. The molecule has 0 atom stereocenters. The maximum Gasteiger partial charge on any atom is 0.221 e. The summed E-state index contributed by atoms with van der Waals surface area (Å²) < 4.78 is 0. The van der Waals surface area contributed by atoms with Gasteiger partial charge in [-0.1, -0.05) is 11.6 Å². The SMILES string of the molecule is CC(=O)Nc1ccc(NCC=C(C)C)cc1. The minimum Gasteiger partial charge on any atom is -0.382 e. The Labute approximate surface area is 96.6 Å². The number of anilines is 2.